The molecule has 0 saturated carbocycles. The van der Waals surface area contributed by atoms with Gasteiger partial charge in [-0.05, 0) is 18.6 Å². The predicted molar refractivity (Wildman–Crippen MR) is 52.8 cm³/mol. The lowest BCUT2D eigenvalue weighted by atomic mass is 10.3. The topological polar surface area (TPSA) is 22.0 Å². The molecule has 1 rings (SSSR count). The van der Waals surface area contributed by atoms with Gasteiger partial charge in [-0.15, -0.1) is 0 Å². The monoisotopic (exact) mass is 185 g/mol. The Kier molecular flexibility index (Phi) is 5.85. The summed E-state index contributed by atoms with van der Waals surface area (Å²) in [7, 11) is 0. The molecule has 1 heterocycles. The van der Waals surface area contributed by atoms with Crippen molar-refractivity contribution in [1.29, 1.82) is 0 Å². The molecule has 13 heavy (non-hydrogen) atoms. The van der Waals surface area contributed by atoms with E-state index in [1.807, 2.05) is 20.8 Å². The van der Waals surface area contributed by atoms with Crippen molar-refractivity contribution in [3.8, 4) is 0 Å². The van der Waals surface area contributed by atoms with Gasteiger partial charge in [0.1, 0.15) is 6.67 Å². The van der Waals surface area contributed by atoms with Gasteiger partial charge >= 0.3 is 0 Å². The van der Waals surface area contributed by atoms with Crippen LogP contribution in [0.2, 0.25) is 0 Å². The third kappa shape index (κ3) is 3.87. The first-order valence-electron chi connectivity index (χ1n) is 4.47. The van der Waals surface area contributed by atoms with Crippen LogP contribution in [0.1, 0.15) is 19.4 Å². The standard InChI is InChI=1S/C8H10FNO.C2H6/c1-7-2-4-10(5-3-9)8(11)6-7;1-2/h2,4,6H,3,5H2,1H3;1-2H3. The molecule has 0 aliphatic carbocycles. The highest BCUT2D eigenvalue weighted by Gasteiger charge is 1.93. The van der Waals surface area contributed by atoms with Crippen LogP contribution in [0.25, 0.3) is 0 Å². The van der Waals surface area contributed by atoms with Gasteiger partial charge in [0.15, 0.2) is 0 Å². The van der Waals surface area contributed by atoms with Crippen LogP contribution in [0.4, 0.5) is 4.39 Å². The fourth-order valence-electron chi connectivity index (χ4n) is 0.883. The summed E-state index contributed by atoms with van der Waals surface area (Å²) >= 11 is 0. The number of nitrogens with zero attached hydrogens (tertiary/aromatic N) is 1. The third-order valence-electron chi connectivity index (χ3n) is 1.48. The fraction of sp³-hybridized carbons (Fsp3) is 0.500. The highest BCUT2D eigenvalue weighted by atomic mass is 19.1. The van der Waals surface area contributed by atoms with Gasteiger partial charge in [-0.2, -0.15) is 0 Å². The van der Waals surface area contributed by atoms with Gasteiger partial charge in [-0.3, -0.25) is 4.79 Å². The van der Waals surface area contributed by atoms with E-state index in [0.29, 0.717) is 0 Å². The van der Waals surface area contributed by atoms with Crippen LogP contribution >= 0.6 is 0 Å². The summed E-state index contributed by atoms with van der Waals surface area (Å²) in [6.07, 6.45) is 1.61. The van der Waals surface area contributed by atoms with E-state index in [4.69, 9.17) is 0 Å². The lowest BCUT2D eigenvalue weighted by Crippen LogP contribution is -2.19. The molecule has 0 N–H and O–H groups in total. The molecule has 1 aromatic heterocycles. The van der Waals surface area contributed by atoms with Crippen LogP contribution in [-0.4, -0.2) is 11.2 Å². The molecule has 0 saturated heterocycles. The molecular weight excluding hydrogens is 169 g/mol. The van der Waals surface area contributed by atoms with Crippen molar-refractivity contribution in [3.63, 3.8) is 0 Å². The van der Waals surface area contributed by atoms with Crippen LogP contribution in [0.3, 0.4) is 0 Å². The first kappa shape index (κ1) is 11.9. The van der Waals surface area contributed by atoms with Crippen molar-refractivity contribution >= 4 is 0 Å². The van der Waals surface area contributed by atoms with Crippen molar-refractivity contribution in [1.82, 2.24) is 4.57 Å². The normalized spacial score (nSPS) is 8.92. The summed E-state index contributed by atoms with van der Waals surface area (Å²) in [5, 5.41) is 0. The van der Waals surface area contributed by atoms with E-state index in [1.165, 1.54) is 10.6 Å². The number of hydrogen-bond acceptors (Lipinski definition) is 1. The average molecular weight is 185 g/mol. The highest BCUT2D eigenvalue weighted by Crippen LogP contribution is 1.90. The van der Waals surface area contributed by atoms with Crippen molar-refractivity contribution in [3.05, 3.63) is 34.2 Å². The Bertz CT molecular complexity index is 293. The summed E-state index contributed by atoms with van der Waals surface area (Å²) in [6, 6.07) is 3.28. The number of aryl methyl sites for hydroxylation is 2. The first-order valence-corrected chi connectivity index (χ1v) is 4.47. The lowest BCUT2D eigenvalue weighted by Gasteiger charge is -2.00. The maximum Gasteiger partial charge on any atom is 0.250 e. The fourth-order valence-corrected chi connectivity index (χ4v) is 0.883. The SMILES string of the molecule is CC.Cc1ccn(CCF)c(=O)c1. The Balaban J connectivity index is 0.000000671. The summed E-state index contributed by atoms with van der Waals surface area (Å²) < 4.78 is 13.2. The van der Waals surface area contributed by atoms with Crippen molar-refractivity contribution in [2.45, 2.75) is 27.3 Å². The molecule has 0 aliphatic heterocycles. The molecule has 0 atom stereocenters. The van der Waals surface area contributed by atoms with E-state index >= 15 is 0 Å². The molecule has 1 aromatic rings. The molecule has 2 nitrogen and oxygen atoms in total. The molecule has 0 amide bonds. The average Bonchev–Trinajstić information content (AvgIpc) is 2.14. The van der Waals surface area contributed by atoms with E-state index in [2.05, 4.69) is 0 Å². The minimum atomic E-state index is -0.497. The Hall–Kier alpha value is -1.12. The molecule has 0 bridgehead atoms. The number of alkyl halides is 1. The smallest absolute Gasteiger partial charge is 0.250 e. The minimum Gasteiger partial charge on any atom is -0.313 e. The number of halogens is 1. The van der Waals surface area contributed by atoms with Gasteiger partial charge in [0.25, 0.3) is 5.56 Å². The largest absolute Gasteiger partial charge is 0.313 e. The van der Waals surface area contributed by atoms with Crippen molar-refractivity contribution in [2.75, 3.05) is 6.67 Å². The summed E-state index contributed by atoms with van der Waals surface area (Å²) in [6.45, 7) is 5.49. The number of rotatable bonds is 2. The van der Waals surface area contributed by atoms with Crippen molar-refractivity contribution < 1.29 is 4.39 Å². The van der Waals surface area contributed by atoms with Gasteiger partial charge in [-0.1, -0.05) is 13.8 Å². The van der Waals surface area contributed by atoms with E-state index in [0.717, 1.165) is 5.56 Å². The predicted octanol–water partition coefficient (Wildman–Crippen LogP) is 2.15. The Labute approximate surface area is 78.0 Å². The zero-order valence-electron chi connectivity index (χ0n) is 8.38. The van der Waals surface area contributed by atoms with Crippen LogP contribution in [-0.2, 0) is 6.54 Å². The molecular formula is C10H16FNO. The first-order chi connectivity index (χ1) is 6.24. The molecule has 0 aliphatic rings. The quantitative estimate of drug-likeness (QED) is 0.692. The van der Waals surface area contributed by atoms with Crippen molar-refractivity contribution in [2.24, 2.45) is 0 Å². The van der Waals surface area contributed by atoms with E-state index in [1.54, 1.807) is 12.3 Å². The van der Waals surface area contributed by atoms with Gasteiger partial charge in [0.05, 0.1) is 6.54 Å². The second kappa shape index (κ2) is 6.40. The molecule has 74 valence electrons. The third-order valence-corrected chi connectivity index (χ3v) is 1.48. The molecule has 0 fully saturated rings. The van der Waals surface area contributed by atoms with Gasteiger partial charge in [0, 0.05) is 12.3 Å². The second-order valence-corrected chi connectivity index (χ2v) is 2.42. The highest BCUT2D eigenvalue weighted by molar-refractivity contribution is 5.07. The maximum absolute atomic E-state index is 11.8. The number of aromatic nitrogens is 1. The maximum atomic E-state index is 11.8. The van der Waals surface area contributed by atoms with Crippen LogP contribution in [0.15, 0.2) is 23.1 Å². The zero-order chi connectivity index (χ0) is 10.3. The molecule has 3 heteroatoms. The Morgan fingerprint density at radius 3 is 2.54 bits per heavy atom. The molecule has 0 radical (unpaired) electrons. The summed E-state index contributed by atoms with van der Waals surface area (Å²) in [5.41, 5.74) is 0.771. The van der Waals surface area contributed by atoms with E-state index < -0.39 is 6.67 Å². The van der Waals surface area contributed by atoms with Crippen LogP contribution < -0.4 is 5.56 Å². The Morgan fingerprint density at radius 2 is 2.08 bits per heavy atom. The molecule has 0 aromatic carbocycles. The van der Waals surface area contributed by atoms with E-state index in [-0.39, 0.29) is 12.1 Å². The Morgan fingerprint density at radius 1 is 1.46 bits per heavy atom. The summed E-state index contributed by atoms with van der Waals surface area (Å²) in [4.78, 5) is 11.0. The van der Waals surface area contributed by atoms with Crippen LogP contribution in [0.5, 0.6) is 0 Å². The van der Waals surface area contributed by atoms with Gasteiger partial charge in [0.2, 0.25) is 0 Å². The van der Waals surface area contributed by atoms with Gasteiger partial charge < -0.3 is 4.57 Å². The number of hydrogen-bond donors (Lipinski definition) is 0. The van der Waals surface area contributed by atoms with E-state index in [9.17, 15) is 9.18 Å². The second-order valence-electron chi connectivity index (χ2n) is 2.42. The molecule has 0 unspecified atom stereocenters. The van der Waals surface area contributed by atoms with Crippen LogP contribution in [0, 0.1) is 6.92 Å². The lowest BCUT2D eigenvalue weighted by molar-refractivity contribution is 0.440. The number of pyridine rings is 1. The minimum absolute atomic E-state index is 0.136. The summed E-state index contributed by atoms with van der Waals surface area (Å²) in [5.74, 6) is 0. The zero-order valence-corrected chi connectivity index (χ0v) is 8.38. The molecule has 0 spiro atoms. The van der Waals surface area contributed by atoms with Gasteiger partial charge in [-0.25, -0.2) is 4.39 Å².